The minimum Gasteiger partial charge on any atom is -0.460 e. The molecule has 0 aromatic heterocycles. The maximum atomic E-state index is 11.2. The summed E-state index contributed by atoms with van der Waals surface area (Å²) in [5.74, 6) is -0.420. The van der Waals surface area contributed by atoms with Crippen LogP contribution in [0.5, 0.6) is 0 Å². The summed E-state index contributed by atoms with van der Waals surface area (Å²) in [6, 6.07) is -0.433. The molecule has 1 aliphatic rings. The highest BCUT2D eigenvalue weighted by Gasteiger charge is 2.27. The molecule has 1 N–H and O–H groups in total. The van der Waals surface area contributed by atoms with Crippen LogP contribution in [0.2, 0.25) is 0 Å². The molecule has 1 rings (SSSR count). The molecule has 13 heavy (non-hydrogen) atoms. The van der Waals surface area contributed by atoms with Crippen molar-refractivity contribution >= 4 is 11.9 Å². The molecule has 1 aliphatic heterocycles. The standard InChI is InChI=1S/C9H13NO3/c1-2-3-6-13-9(12)7-4-5-8(11)10-7/h2-3,7H,4-6H2,1H3,(H,10,11)/b3-2+/t7-/m0/s1. The molecule has 0 aromatic rings. The van der Waals surface area contributed by atoms with Crippen molar-refractivity contribution < 1.29 is 14.3 Å². The van der Waals surface area contributed by atoms with Crippen molar-refractivity contribution in [2.75, 3.05) is 6.61 Å². The fourth-order valence-electron chi connectivity index (χ4n) is 1.12. The Labute approximate surface area is 76.9 Å². The van der Waals surface area contributed by atoms with E-state index in [1.165, 1.54) is 0 Å². The quantitative estimate of drug-likeness (QED) is 0.508. The molecule has 0 bridgehead atoms. The predicted octanol–water partition coefficient (Wildman–Crippen LogP) is 0.384. The first-order valence-electron chi connectivity index (χ1n) is 4.31. The molecule has 1 fully saturated rings. The second-order valence-electron chi connectivity index (χ2n) is 2.86. The summed E-state index contributed by atoms with van der Waals surface area (Å²) in [6.45, 7) is 2.13. The molecule has 4 heteroatoms. The summed E-state index contributed by atoms with van der Waals surface area (Å²) in [7, 11) is 0. The molecule has 1 atom stereocenters. The maximum absolute atomic E-state index is 11.2. The molecule has 0 unspecified atom stereocenters. The largest absolute Gasteiger partial charge is 0.460 e. The van der Waals surface area contributed by atoms with E-state index >= 15 is 0 Å². The van der Waals surface area contributed by atoms with Crippen LogP contribution in [-0.2, 0) is 14.3 Å². The predicted molar refractivity (Wildman–Crippen MR) is 46.9 cm³/mol. The number of hydrogen-bond acceptors (Lipinski definition) is 3. The highest BCUT2D eigenvalue weighted by molar-refractivity contribution is 5.88. The highest BCUT2D eigenvalue weighted by Crippen LogP contribution is 2.07. The van der Waals surface area contributed by atoms with Gasteiger partial charge < -0.3 is 10.1 Å². The lowest BCUT2D eigenvalue weighted by molar-refractivity contribution is -0.145. The summed E-state index contributed by atoms with van der Waals surface area (Å²) in [4.78, 5) is 21.9. The van der Waals surface area contributed by atoms with Crippen LogP contribution in [0.4, 0.5) is 0 Å². The van der Waals surface area contributed by atoms with Gasteiger partial charge in [-0.05, 0) is 13.3 Å². The van der Waals surface area contributed by atoms with E-state index in [-0.39, 0.29) is 18.5 Å². The summed E-state index contributed by atoms with van der Waals surface area (Å²) < 4.78 is 4.87. The van der Waals surface area contributed by atoms with Crippen LogP contribution >= 0.6 is 0 Å². The van der Waals surface area contributed by atoms with E-state index in [9.17, 15) is 9.59 Å². The topological polar surface area (TPSA) is 55.4 Å². The van der Waals surface area contributed by atoms with Crippen molar-refractivity contribution in [2.45, 2.75) is 25.8 Å². The number of carbonyl (C=O) groups is 2. The molecule has 0 spiro atoms. The molecule has 0 aliphatic carbocycles. The van der Waals surface area contributed by atoms with Crippen molar-refractivity contribution in [2.24, 2.45) is 0 Å². The van der Waals surface area contributed by atoms with Crippen molar-refractivity contribution in [3.8, 4) is 0 Å². The minimum absolute atomic E-state index is 0.0759. The number of amides is 1. The van der Waals surface area contributed by atoms with Crippen molar-refractivity contribution in [1.29, 1.82) is 0 Å². The molecule has 1 heterocycles. The van der Waals surface area contributed by atoms with E-state index in [0.29, 0.717) is 12.8 Å². The van der Waals surface area contributed by atoms with Gasteiger partial charge in [0.25, 0.3) is 0 Å². The second kappa shape index (κ2) is 4.64. The molecule has 0 radical (unpaired) electrons. The third kappa shape index (κ3) is 2.89. The average molecular weight is 183 g/mol. The first-order chi connectivity index (χ1) is 6.24. The Kier molecular flexibility index (Phi) is 3.49. The molecule has 4 nitrogen and oxygen atoms in total. The Bertz CT molecular complexity index is 235. The zero-order valence-electron chi connectivity index (χ0n) is 7.58. The van der Waals surface area contributed by atoms with E-state index in [0.717, 1.165) is 0 Å². The van der Waals surface area contributed by atoms with Gasteiger partial charge in [0.15, 0.2) is 0 Å². The van der Waals surface area contributed by atoms with E-state index in [1.807, 2.05) is 6.92 Å². The third-order valence-electron chi connectivity index (χ3n) is 1.84. The Morgan fingerprint density at radius 1 is 1.77 bits per heavy atom. The van der Waals surface area contributed by atoms with Crippen LogP contribution < -0.4 is 5.32 Å². The van der Waals surface area contributed by atoms with Gasteiger partial charge >= 0.3 is 5.97 Å². The summed E-state index contributed by atoms with van der Waals surface area (Å²) in [5, 5.41) is 2.54. The summed E-state index contributed by atoms with van der Waals surface area (Å²) in [6.07, 6.45) is 4.52. The Balaban J connectivity index is 2.27. The Morgan fingerprint density at radius 3 is 3.08 bits per heavy atom. The van der Waals surface area contributed by atoms with Crippen LogP contribution in [0.1, 0.15) is 19.8 Å². The fraction of sp³-hybridized carbons (Fsp3) is 0.556. The van der Waals surface area contributed by atoms with Crippen molar-refractivity contribution in [1.82, 2.24) is 5.32 Å². The SMILES string of the molecule is C/C=C/COC(=O)[C@@H]1CCC(=O)N1. The van der Waals surface area contributed by atoms with Gasteiger partial charge in [0.05, 0.1) is 0 Å². The van der Waals surface area contributed by atoms with Crippen LogP contribution in [0.25, 0.3) is 0 Å². The average Bonchev–Trinajstić information content (AvgIpc) is 2.52. The van der Waals surface area contributed by atoms with Crippen LogP contribution in [-0.4, -0.2) is 24.5 Å². The number of allylic oxidation sites excluding steroid dienone is 1. The Morgan fingerprint density at radius 2 is 2.54 bits per heavy atom. The first kappa shape index (κ1) is 9.77. The van der Waals surface area contributed by atoms with E-state index in [2.05, 4.69) is 5.32 Å². The molecule has 0 saturated carbocycles. The maximum Gasteiger partial charge on any atom is 0.328 e. The number of rotatable bonds is 3. The number of carbonyl (C=O) groups excluding carboxylic acids is 2. The van der Waals surface area contributed by atoms with E-state index in [4.69, 9.17) is 4.74 Å². The van der Waals surface area contributed by atoms with Crippen LogP contribution in [0.15, 0.2) is 12.2 Å². The van der Waals surface area contributed by atoms with Gasteiger partial charge in [0, 0.05) is 6.42 Å². The molecule has 1 saturated heterocycles. The smallest absolute Gasteiger partial charge is 0.328 e. The first-order valence-corrected chi connectivity index (χ1v) is 4.31. The molecular weight excluding hydrogens is 170 g/mol. The zero-order valence-corrected chi connectivity index (χ0v) is 7.58. The molecular formula is C9H13NO3. The van der Waals surface area contributed by atoms with Gasteiger partial charge in [-0.25, -0.2) is 4.79 Å². The van der Waals surface area contributed by atoms with Gasteiger partial charge in [-0.2, -0.15) is 0 Å². The summed E-state index contributed by atoms with van der Waals surface area (Å²) in [5.41, 5.74) is 0. The minimum atomic E-state index is -0.433. The van der Waals surface area contributed by atoms with Crippen LogP contribution in [0, 0.1) is 0 Å². The fourth-order valence-corrected chi connectivity index (χ4v) is 1.12. The molecule has 1 amide bonds. The Hall–Kier alpha value is -1.32. The lowest BCUT2D eigenvalue weighted by atomic mass is 10.2. The van der Waals surface area contributed by atoms with Gasteiger partial charge in [0.1, 0.15) is 12.6 Å². The van der Waals surface area contributed by atoms with Gasteiger partial charge in [-0.1, -0.05) is 12.2 Å². The van der Waals surface area contributed by atoms with E-state index in [1.54, 1.807) is 12.2 Å². The number of esters is 1. The van der Waals surface area contributed by atoms with E-state index < -0.39 is 6.04 Å². The number of ether oxygens (including phenoxy) is 1. The zero-order chi connectivity index (χ0) is 9.68. The lowest BCUT2D eigenvalue weighted by Gasteiger charge is -2.07. The van der Waals surface area contributed by atoms with Gasteiger partial charge in [-0.3, -0.25) is 4.79 Å². The van der Waals surface area contributed by atoms with Gasteiger partial charge in [-0.15, -0.1) is 0 Å². The van der Waals surface area contributed by atoms with Crippen molar-refractivity contribution in [3.63, 3.8) is 0 Å². The number of hydrogen-bond donors (Lipinski definition) is 1. The van der Waals surface area contributed by atoms with Crippen molar-refractivity contribution in [3.05, 3.63) is 12.2 Å². The van der Waals surface area contributed by atoms with Gasteiger partial charge in [0.2, 0.25) is 5.91 Å². The highest BCUT2D eigenvalue weighted by atomic mass is 16.5. The molecule has 72 valence electrons. The monoisotopic (exact) mass is 183 g/mol. The normalized spacial score (nSPS) is 21.9. The second-order valence-corrected chi connectivity index (χ2v) is 2.86. The molecule has 0 aromatic carbocycles. The number of nitrogens with one attached hydrogen (secondary N) is 1. The summed E-state index contributed by atoms with van der Waals surface area (Å²) >= 11 is 0. The lowest BCUT2D eigenvalue weighted by Crippen LogP contribution is -2.34. The third-order valence-corrected chi connectivity index (χ3v) is 1.84. The van der Waals surface area contributed by atoms with Crippen LogP contribution in [0.3, 0.4) is 0 Å².